The fraction of sp³-hybridized carbons (Fsp3) is 0.407. The minimum Gasteiger partial charge on any atom is -0.348 e. The largest absolute Gasteiger partial charge is 0.348 e. The molecule has 1 amide bonds. The molecule has 10 heteroatoms. The SMILES string of the molecule is O=C1[C@H](Cc2c(Cl)cc(-c3ccc(S(=O)(=O)N4CCC4)cc3)cc2Cl)CCN1C1CCc2nc[nH]c2C1. The molecule has 3 heterocycles. The standard InChI is InChI=1S/C27H28Cl2N4O3S/c28-23-13-19(17-2-5-21(6-3-17)37(35,36)32-9-1-10-32)14-24(29)22(23)12-18-8-11-33(27(18)34)20-4-7-25-26(15-20)31-16-30-25/h2-3,5-6,13-14,16,18,20H,1,4,7-12,15H2,(H,30,31)/t18-,20?/m0/s1. The highest BCUT2D eigenvalue weighted by Crippen LogP contribution is 2.37. The van der Waals surface area contributed by atoms with Crippen molar-refractivity contribution in [3.63, 3.8) is 0 Å². The lowest BCUT2D eigenvalue weighted by Crippen LogP contribution is -2.41. The number of benzene rings is 2. The Labute approximate surface area is 226 Å². The lowest BCUT2D eigenvalue weighted by atomic mass is 9.94. The first-order valence-corrected chi connectivity index (χ1v) is 14.9. The van der Waals surface area contributed by atoms with Gasteiger partial charge in [0, 0.05) is 53.8 Å². The molecule has 2 aromatic carbocycles. The van der Waals surface area contributed by atoms with Crippen molar-refractivity contribution in [2.75, 3.05) is 19.6 Å². The molecule has 0 radical (unpaired) electrons. The number of carbonyl (C=O) groups excluding carboxylic acids is 1. The summed E-state index contributed by atoms with van der Waals surface area (Å²) in [6, 6.07) is 10.7. The van der Waals surface area contributed by atoms with E-state index < -0.39 is 10.0 Å². The number of nitrogens with zero attached hydrogens (tertiary/aromatic N) is 3. The second kappa shape index (κ2) is 9.73. The summed E-state index contributed by atoms with van der Waals surface area (Å²) >= 11 is 13.4. The van der Waals surface area contributed by atoms with Crippen molar-refractivity contribution in [2.45, 2.75) is 49.5 Å². The second-order valence-corrected chi connectivity index (χ2v) is 12.9. The summed E-state index contributed by atoms with van der Waals surface area (Å²) < 4.78 is 26.7. The summed E-state index contributed by atoms with van der Waals surface area (Å²) in [5.74, 6) is 0.0261. The Kier molecular flexibility index (Phi) is 6.55. The molecule has 0 saturated carbocycles. The number of sulfonamides is 1. The summed E-state index contributed by atoms with van der Waals surface area (Å²) in [5, 5.41) is 1.04. The van der Waals surface area contributed by atoms with Crippen LogP contribution >= 0.6 is 23.2 Å². The van der Waals surface area contributed by atoms with Crippen LogP contribution in [0.4, 0.5) is 0 Å². The Morgan fingerprint density at radius 3 is 2.41 bits per heavy atom. The Hall–Kier alpha value is -2.39. The highest BCUT2D eigenvalue weighted by molar-refractivity contribution is 7.89. The van der Waals surface area contributed by atoms with Gasteiger partial charge in [0.2, 0.25) is 15.9 Å². The van der Waals surface area contributed by atoms with Gasteiger partial charge >= 0.3 is 0 Å². The van der Waals surface area contributed by atoms with E-state index in [-0.39, 0.29) is 22.8 Å². The predicted molar refractivity (Wildman–Crippen MR) is 143 cm³/mol. The van der Waals surface area contributed by atoms with Crippen LogP contribution in [0, 0.1) is 5.92 Å². The van der Waals surface area contributed by atoms with E-state index in [0.29, 0.717) is 29.6 Å². The third-order valence-corrected chi connectivity index (χ3v) is 10.6. The van der Waals surface area contributed by atoms with Crippen molar-refractivity contribution in [1.29, 1.82) is 0 Å². The summed E-state index contributed by atoms with van der Waals surface area (Å²) in [5.41, 5.74) is 4.68. The number of fused-ring (bicyclic) bond motifs is 1. The third kappa shape index (κ3) is 4.58. The number of nitrogens with one attached hydrogen (secondary N) is 1. The van der Waals surface area contributed by atoms with Crippen molar-refractivity contribution < 1.29 is 13.2 Å². The van der Waals surface area contributed by atoms with Crippen molar-refractivity contribution >= 4 is 39.1 Å². The molecule has 2 saturated heterocycles. The average Bonchev–Trinajstić information content (AvgIpc) is 3.46. The number of hydrogen-bond donors (Lipinski definition) is 1. The summed E-state index contributed by atoms with van der Waals surface area (Å²) in [6.07, 6.45) is 6.57. The number of hydrogen-bond acceptors (Lipinski definition) is 4. The van der Waals surface area contributed by atoms with Crippen LogP contribution in [-0.2, 0) is 34.1 Å². The molecule has 1 N–H and O–H groups in total. The van der Waals surface area contributed by atoms with E-state index >= 15 is 0 Å². The first-order chi connectivity index (χ1) is 17.8. The molecule has 3 aliphatic rings. The summed E-state index contributed by atoms with van der Waals surface area (Å²) in [6.45, 7) is 1.89. The second-order valence-electron chi connectivity index (χ2n) is 10.1. The monoisotopic (exact) mass is 558 g/mol. The van der Waals surface area contributed by atoms with Gasteiger partial charge in [-0.05, 0) is 73.1 Å². The number of aromatic nitrogens is 2. The smallest absolute Gasteiger partial charge is 0.243 e. The van der Waals surface area contributed by atoms with Crippen LogP contribution in [-0.4, -0.2) is 59.2 Å². The highest BCUT2D eigenvalue weighted by atomic mass is 35.5. The van der Waals surface area contributed by atoms with Crippen LogP contribution < -0.4 is 0 Å². The predicted octanol–water partition coefficient (Wildman–Crippen LogP) is 4.73. The van der Waals surface area contributed by atoms with Crippen LogP contribution in [0.5, 0.6) is 0 Å². The first kappa shape index (κ1) is 24.9. The number of imidazole rings is 1. The molecule has 2 aliphatic heterocycles. The maximum absolute atomic E-state index is 13.3. The molecule has 0 bridgehead atoms. The quantitative estimate of drug-likeness (QED) is 0.474. The molecule has 2 atom stereocenters. The molecule has 1 aliphatic carbocycles. The van der Waals surface area contributed by atoms with Crippen LogP contribution in [0.2, 0.25) is 10.0 Å². The molecular formula is C27H28Cl2N4O3S. The van der Waals surface area contributed by atoms with E-state index in [4.69, 9.17) is 23.2 Å². The van der Waals surface area contributed by atoms with Crippen LogP contribution in [0.1, 0.15) is 36.2 Å². The Morgan fingerprint density at radius 1 is 1.00 bits per heavy atom. The molecular weight excluding hydrogens is 531 g/mol. The van der Waals surface area contributed by atoms with Gasteiger partial charge in [-0.15, -0.1) is 0 Å². The Bertz CT molecular complexity index is 1430. The van der Waals surface area contributed by atoms with Crippen LogP contribution in [0.15, 0.2) is 47.6 Å². The van der Waals surface area contributed by atoms with Gasteiger partial charge in [0.25, 0.3) is 0 Å². The van der Waals surface area contributed by atoms with Crippen LogP contribution in [0.25, 0.3) is 11.1 Å². The highest BCUT2D eigenvalue weighted by Gasteiger charge is 2.38. The fourth-order valence-corrected chi connectivity index (χ4v) is 7.83. The lowest BCUT2D eigenvalue weighted by molar-refractivity contribution is -0.133. The average molecular weight is 560 g/mol. The molecule has 0 spiro atoms. The maximum Gasteiger partial charge on any atom is 0.243 e. The third-order valence-electron chi connectivity index (χ3n) is 7.99. The van der Waals surface area contributed by atoms with Gasteiger partial charge in [0.15, 0.2) is 0 Å². The maximum atomic E-state index is 13.3. The molecule has 194 valence electrons. The van der Waals surface area contributed by atoms with Crippen molar-refractivity contribution in [3.8, 4) is 11.1 Å². The minimum absolute atomic E-state index is 0.144. The van der Waals surface area contributed by atoms with Gasteiger partial charge in [-0.25, -0.2) is 13.4 Å². The number of aryl methyl sites for hydroxylation is 1. The van der Waals surface area contributed by atoms with Gasteiger partial charge in [-0.3, -0.25) is 4.79 Å². The number of likely N-dealkylation sites (tertiary alicyclic amines) is 1. The van der Waals surface area contributed by atoms with Gasteiger partial charge in [-0.1, -0.05) is 35.3 Å². The first-order valence-electron chi connectivity index (χ1n) is 12.7. The van der Waals surface area contributed by atoms with Gasteiger partial charge in [-0.2, -0.15) is 4.31 Å². The summed E-state index contributed by atoms with van der Waals surface area (Å²) in [4.78, 5) is 23.2. The molecule has 1 unspecified atom stereocenters. The zero-order valence-corrected chi connectivity index (χ0v) is 22.6. The molecule has 1 aromatic heterocycles. The number of carbonyl (C=O) groups is 1. The number of halogens is 2. The normalized spacial score (nSPS) is 22.2. The number of amides is 1. The van der Waals surface area contributed by atoms with Crippen molar-refractivity contribution in [2.24, 2.45) is 5.92 Å². The van der Waals surface area contributed by atoms with Crippen molar-refractivity contribution in [3.05, 3.63) is 69.7 Å². The fourth-order valence-electron chi connectivity index (χ4n) is 5.67. The Balaban J connectivity index is 1.16. The minimum atomic E-state index is -3.43. The van der Waals surface area contributed by atoms with Crippen LogP contribution in [0.3, 0.4) is 0 Å². The van der Waals surface area contributed by atoms with Gasteiger partial charge in [0.05, 0.1) is 16.9 Å². The van der Waals surface area contributed by atoms with Gasteiger partial charge < -0.3 is 9.88 Å². The van der Waals surface area contributed by atoms with Crippen molar-refractivity contribution in [1.82, 2.24) is 19.2 Å². The summed E-state index contributed by atoms with van der Waals surface area (Å²) in [7, 11) is -3.43. The zero-order chi connectivity index (χ0) is 25.7. The van der Waals surface area contributed by atoms with E-state index in [0.717, 1.165) is 66.7 Å². The number of rotatable bonds is 6. The van der Waals surface area contributed by atoms with E-state index in [1.807, 2.05) is 17.0 Å². The zero-order valence-electron chi connectivity index (χ0n) is 20.3. The lowest BCUT2D eigenvalue weighted by Gasteiger charge is -2.31. The molecule has 2 fully saturated rings. The van der Waals surface area contributed by atoms with E-state index in [2.05, 4.69) is 9.97 Å². The number of aromatic amines is 1. The molecule has 7 nitrogen and oxygen atoms in total. The molecule has 6 rings (SSSR count). The van der Waals surface area contributed by atoms with E-state index in [9.17, 15) is 13.2 Å². The van der Waals surface area contributed by atoms with E-state index in [1.165, 1.54) is 4.31 Å². The number of H-pyrrole nitrogens is 1. The molecule has 37 heavy (non-hydrogen) atoms. The van der Waals surface area contributed by atoms with E-state index in [1.54, 1.807) is 30.6 Å². The molecule has 3 aromatic rings. The van der Waals surface area contributed by atoms with Gasteiger partial charge in [0.1, 0.15) is 0 Å². The Morgan fingerprint density at radius 2 is 1.73 bits per heavy atom. The topological polar surface area (TPSA) is 86.4 Å².